The van der Waals surface area contributed by atoms with Gasteiger partial charge in [0, 0.05) is 36.6 Å². The van der Waals surface area contributed by atoms with E-state index in [0.717, 1.165) is 37.5 Å². The van der Waals surface area contributed by atoms with Crippen molar-refractivity contribution in [1.82, 2.24) is 14.5 Å². The van der Waals surface area contributed by atoms with Crippen LogP contribution in [0, 0.1) is 5.41 Å². The molecule has 4 rings (SSSR count). The Kier molecular flexibility index (Phi) is 6.11. The van der Waals surface area contributed by atoms with Crippen LogP contribution in [0.25, 0.3) is 5.13 Å². The lowest BCUT2D eigenvalue weighted by atomic mass is 9.75. The van der Waals surface area contributed by atoms with E-state index in [1.165, 1.54) is 11.3 Å². The van der Waals surface area contributed by atoms with E-state index in [1.807, 2.05) is 36.7 Å². The molecule has 2 aromatic heterocycles. The lowest BCUT2D eigenvalue weighted by molar-refractivity contribution is -0.159. The summed E-state index contributed by atoms with van der Waals surface area (Å²) in [5.74, 6) is -0.0659. The zero-order valence-corrected chi connectivity index (χ0v) is 17.6. The maximum absolute atomic E-state index is 13.1. The van der Waals surface area contributed by atoms with Gasteiger partial charge in [-0.2, -0.15) is 0 Å². The molecule has 0 spiro atoms. The molecule has 0 saturated carbocycles. The summed E-state index contributed by atoms with van der Waals surface area (Å²) in [5, 5.41) is 2.97. The summed E-state index contributed by atoms with van der Waals surface area (Å²) in [4.78, 5) is 19.9. The molecule has 1 saturated heterocycles. The Morgan fingerprint density at radius 1 is 1.24 bits per heavy atom. The Balaban J connectivity index is 1.55. The summed E-state index contributed by atoms with van der Waals surface area (Å²) in [6.07, 6.45) is 6.46. The highest BCUT2D eigenvalue weighted by atomic mass is 32.1. The van der Waals surface area contributed by atoms with Crippen molar-refractivity contribution < 1.29 is 9.53 Å². The van der Waals surface area contributed by atoms with Crippen LogP contribution < -0.4 is 0 Å². The van der Waals surface area contributed by atoms with E-state index in [4.69, 9.17) is 4.74 Å². The van der Waals surface area contributed by atoms with E-state index in [0.29, 0.717) is 13.2 Å². The first-order valence-electron chi connectivity index (χ1n) is 10.2. The van der Waals surface area contributed by atoms with Crippen molar-refractivity contribution in [3.8, 4) is 5.13 Å². The lowest BCUT2D eigenvalue weighted by Gasteiger charge is -2.41. The van der Waals surface area contributed by atoms with Crippen LogP contribution in [0.4, 0.5) is 0 Å². The Hall–Kier alpha value is -2.44. The molecule has 3 heterocycles. The number of esters is 1. The van der Waals surface area contributed by atoms with Crippen molar-refractivity contribution in [2.24, 2.45) is 5.41 Å². The highest BCUT2D eigenvalue weighted by molar-refractivity contribution is 7.12. The molecule has 0 radical (unpaired) electrons. The number of nitrogens with zero attached hydrogens (tertiary/aromatic N) is 3. The molecule has 0 bridgehead atoms. The smallest absolute Gasteiger partial charge is 0.313 e. The van der Waals surface area contributed by atoms with Gasteiger partial charge in [0.2, 0.25) is 0 Å². The number of thiazole rings is 1. The number of carbonyl (C=O) groups is 1. The van der Waals surface area contributed by atoms with Crippen molar-refractivity contribution in [1.29, 1.82) is 0 Å². The number of benzene rings is 1. The van der Waals surface area contributed by atoms with Gasteiger partial charge in [-0.25, -0.2) is 4.98 Å². The van der Waals surface area contributed by atoms with E-state index >= 15 is 0 Å². The summed E-state index contributed by atoms with van der Waals surface area (Å²) in [6, 6.07) is 14.5. The number of hydrogen-bond acceptors (Lipinski definition) is 5. The minimum absolute atomic E-state index is 0.0659. The third-order valence-electron chi connectivity index (χ3n) is 5.59. The van der Waals surface area contributed by atoms with Gasteiger partial charge in [0.15, 0.2) is 5.13 Å². The largest absolute Gasteiger partial charge is 0.466 e. The van der Waals surface area contributed by atoms with Crippen LogP contribution in [0.5, 0.6) is 0 Å². The highest BCUT2D eigenvalue weighted by Crippen LogP contribution is 2.36. The number of rotatable bonds is 7. The van der Waals surface area contributed by atoms with Crippen LogP contribution in [0.2, 0.25) is 0 Å². The highest BCUT2D eigenvalue weighted by Gasteiger charge is 2.43. The molecular formula is C23H27N3O2S. The monoisotopic (exact) mass is 409 g/mol. The second-order valence-electron chi connectivity index (χ2n) is 7.66. The fraction of sp³-hybridized carbons (Fsp3) is 0.391. The molecular weight excluding hydrogens is 382 g/mol. The van der Waals surface area contributed by atoms with Crippen LogP contribution in [0.1, 0.15) is 31.0 Å². The molecule has 152 valence electrons. The summed E-state index contributed by atoms with van der Waals surface area (Å²) in [5.41, 5.74) is 1.89. The number of carbonyl (C=O) groups excluding carboxylic acids is 1. The molecule has 3 aromatic rings. The first-order valence-corrected chi connectivity index (χ1v) is 11.1. The minimum atomic E-state index is -0.492. The van der Waals surface area contributed by atoms with Gasteiger partial charge >= 0.3 is 5.97 Å². The number of ether oxygens (including phenoxy) is 1. The predicted molar refractivity (Wildman–Crippen MR) is 115 cm³/mol. The summed E-state index contributed by atoms with van der Waals surface area (Å²) in [7, 11) is 0. The summed E-state index contributed by atoms with van der Waals surface area (Å²) in [6.45, 7) is 4.79. The second-order valence-corrected chi connectivity index (χ2v) is 8.53. The van der Waals surface area contributed by atoms with Crippen molar-refractivity contribution in [2.75, 3.05) is 19.7 Å². The maximum Gasteiger partial charge on any atom is 0.313 e. The SMILES string of the molecule is CCOC(=O)[C@]1(Cc2ccccc2)CCCN(Cc2cccn2-c2nccs2)C1. The molecule has 6 heteroatoms. The zero-order valence-electron chi connectivity index (χ0n) is 16.8. The molecule has 0 aliphatic carbocycles. The standard InChI is InChI=1S/C23H27N3O2S/c1-2-28-21(27)23(16-19-8-4-3-5-9-19)11-7-13-25(18-23)17-20-10-6-14-26(20)22-24-12-15-29-22/h3-6,8-10,12,14-15H,2,7,11,13,16-18H2,1H3/t23-/m0/s1. The molecule has 29 heavy (non-hydrogen) atoms. The maximum atomic E-state index is 13.1. The lowest BCUT2D eigenvalue weighted by Crippen LogP contribution is -2.49. The van der Waals surface area contributed by atoms with Crippen LogP contribution in [-0.2, 0) is 22.5 Å². The predicted octanol–water partition coefficient (Wildman–Crippen LogP) is 4.32. The number of piperidine rings is 1. The molecule has 1 aromatic carbocycles. The van der Waals surface area contributed by atoms with Gasteiger partial charge in [-0.15, -0.1) is 11.3 Å². The van der Waals surface area contributed by atoms with Crippen LogP contribution in [-0.4, -0.2) is 40.1 Å². The van der Waals surface area contributed by atoms with Gasteiger partial charge in [-0.05, 0) is 50.4 Å². The van der Waals surface area contributed by atoms with E-state index in [9.17, 15) is 4.79 Å². The van der Waals surface area contributed by atoms with Crippen LogP contribution in [0.15, 0.2) is 60.2 Å². The molecule has 1 aliphatic rings. The van der Waals surface area contributed by atoms with Gasteiger partial charge in [-0.1, -0.05) is 30.3 Å². The van der Waals surface area contributed by atoms with Crippen molar-refractivity contribution >= 4 is 17.3 Å². The molecule has 0 amide bonds. The summed E-state index contributed by atoms with van der Waals surface area (Å²) < 4.78 is 7.69. The van der Waals surface area contributed by atoms with E-state index in [1.54, 1.807) is 11.3 Å². The third kappa shape index (κ3) is 4.43. The number of hydrogen-bond donors (Lipinski definition) is 0. The van der Waals surface area contributed by atoms with Gasteiger partial charge in [0.25, 0.3) is 0 Å². The molecule has 0 unspecified atom stereocenters. The Morgan fingerprint density at radius 3 is 2.86 bits per heavy atom. The molecule has 0 N–H and O–H groups in total. The quantitative estimate of drug-likeness (QED) is 0.545. The van der Waals surface area contributed by atoms with Crippen LogP contribution in [0.3, 0.4) is 0 Å². The first-order chi connectivity index (χ1) is 14.2. The van der Waals surface area contributed by atoms with Crippen molar-refractivity contribution in [3.63, 3.8) is 0 Å². The normalized spacial score (nSPS) is 19.9. The van der Waals surface area contributed by atoms with E-state index in [2.05, 4.69) is 44.9 Å². The van der Waals surface area contributed by atoms with E-state index in [-0.39, 0.29) is 5.97 Å². The Morgan fingerprint density at radius 2 is 2.10 bits per heavy atom. The van der Waals surface area contributed by atoms with E-state index < -0.39 is 5.41 Å². The van der Waals surface area contributed by atoms with Crippen LogP contribution >= 0.6 is 11.3 Å². The summed E-state index contributed by atoms with van der Waals surface area (Å²) >= 11 is 1.63. The molecule has 1 atom stereocenters. The Labute approximate surface area is 176 Å². The van der Waals surface area contributed by atoms with Crippen molar-refractivity contribution in [3.05, 3.63) is 71.5 Å². The van der Waals surface area contributed by atoms with Gasteiger partial charge in [-0.3, -0.25) is 14.3 Å². The Bertz CT molecular complexity index is 923. The fourth-order valence-corrected chi connectivity index (χ4v) is 4.97. The second kappa shape index (κ2) is 8.93. The van der Waals surface area contributed by atoms with Gasteiger partial charge < -0.3 is 4.74 Å². The zero-order chi connectivity index (χ0) is 20.1. The first kappa shape index (κ1) is 19.9. The van der Waals surface area contributed by atoms with Gasteiger partial charge in [0.05, 0.1) is 12.0 Å². The fourth-order valence-electron chi connectivity index (χ4n) is 4.31. The van der Waals surface area contributed by atoms with Gasteiger partial charge in [0.1, 0.15) is 0 Å². The van der Waals surface area contributed by atoms with Crippen molar-refractivity contribution in [2.45, 2.75) is 32.7 Å². The molecule has 1 fully saturated rings. The average Bonchev–Trinajstić information content (AvgIpc) is 3.41. The molecule has 5 nitrogen and oxygen atoms in total. The number of aromatic nitrogens is 2. The third-order valence-corrected chi connectivity index (χ3v) is 6.36. The minimum Gasteiger partial charge on any atom is -0.466 e. The topological polar surface area (TPSA) is 47.4 Å². The molecule has 1 aliphatic heterocycles. The average molecular weight is 410 g/mol. The number of likely N-dealkylation sites (tertiary alicyclic amines) is 1.